The largest absolute Gasteiger partial charge is 0.370 e. The summed E-state index contributed by atoms with van der Waals surface area (Å²) in [6.07, 6.45) is 4.99. The molecule has 0 aromatic carbocycles. The molecular formula is C15H23N3. The zero-order chi connectivity index (χ0) is 12.4. The molecule has 3 rings (SSSR count). The monoisotopic (exact) mass is 245 g/mol. The lowest BCUT2D eigenvalue weighted by Crippen LogP contribution is -2.22. The van der Waals surface area contributed by atoms with E-state index in [0.29, 0.717) is 0 Å². The Labute approximate surface area is 110 Å². The summed E-state index contributed by atoms with van der Waals surface area (Å²) >= 11 is 0. The van der Waals surface area contributed by atoms with Gasteiger partial charge in [-0.15, -0.1) is 0 Å². The Morgan fingerprint density at radius 1 is 1.39 bits per heavy atom. The van der Waals surface area contributed by atoms with Crippen molar-refractivity contribution in [2.75, 3.05) is 31.5 Å². The minimum atomic E-state index is 0.792. The summed E-state index contributed by atoms with van der Waals surface area (Å²) in [7, 11) is 0. The van der Waals surface area contributed by atoms with Crippen LogP contribution < -0.4 is 5.32 Å². The number of hydrogen-bond donors (Lipinski definition) is 1. The number of hydrogen-bond acceptors (Lipinski definition) is 3. The fourth-order valence-corrected chi connectivity index (χ4v) is 3.13. The molecule has 1 atom stereocenters. The van der Waals surface area contributed by atoms with Gasteiger partial charge in [-0.25, -0.2) is 4.98 Å². The molecule has 0 bridgehead atoms. The van der Waals surface area contributed by atoms with Crippen molar-refractivity contribution in [2.45, 2.75) is 32.6 Å². The number of aryl methyl sites for hydroxylation is 2. The predicted octanol–water partition coefficient (Wildman–Crippen LogP) is 2.32. The van der Waals surface area contributed by atoms with Crippen LogP contribution in [0, 0.1) is 5.92 Å². The third kappa shape index (κ3) is 2.51. The third-order valence-electron chi connectivity index (χ3n) is 4.32. The Bertz CT molecular complexity index is 416. The van der Waals surface area contributed by atoms with Crippen LogP contribution in [0.3, 0.4) is 0 Å². The molecule has 2 aliphatic rings. The van der Waals surface area contributed by atoms with Gasteiger partial charge in [0.1, 0.15) is 5.82 Å². The van der Waals surface area contributed by atoms with Gasteiger partial charge in [0.2, 0.25) is 0 Å². The second-order valence-electron chi connectivity index (χ2n) is 5.58. The third-order valence-corrected chi connectivity index (χ3v) is 4.32. The molecule has 1 aliphatic carbocycles. The number of nitrogens with zero attached hydrogens (tertiary/aromatic N) is 2. The number of pyridine rings is 1. The molecule has 98 valence electrons. The number of likely N-dealkylation sites (tertiary alicyclic amines) is 1. The maximum Gasteiger partial charge on any atom is 0.126 e. The molecule has 1 saturated heterocycles. The van der Waals surface area contributed by atoms with Crippen molar-refractivity contribution < 1.29 is 0 Å². The molecule has 0 radical (unpaired) electrons. The van der Waals surface area contributed by atoms with Crippen molar-refractivity contribution in [3.63, 3.8) is 0 Å². The van der Waals surface area contributed by atoms with Crippen molar-refractivity contribution in [1.82, 2.24) is 9.88 Å². The van der Waals surface area contributed by atoms with E-state index >= 15 is 0 Å². The second-order valence-corrected chi connectivity index (χ2v) is 5.58. The van der Waals surface area contributed by atoms with Gasteiger partial charge < -0.3 is 10.2 Å². The van der Waals surface area contributed by atoms with Crippen molar-refractivity contribution in [1.29, 1.82) is 0 Å². The first-order valence-electron chi connectivity index (χ1n) is 7.30. The molecule has 3 nitrogen and oxygen atoms in total. The number of fused-ring (bicyclic) bond motifs is 1. The minimum Gasteiger partial charge on any atom is -0.370 e. The maximum atomic E-state index is 4.73. The zero-order valence-electron chi connectivity index (χ0n) is 11.3. The Morgan fingerprint density at radius 3 is 3.17 bits per heavy atom. The van der Waals surface area contributed by atoms with Gasteiger partial charge in [-0.2, -0.15) is 0 Å². The highest BCUT2D eigenvalue weighted by atomic mass is 15.1. The van der Waals surface area contributed by atoms with Gasteiger partial charge in [-0.3, -0.25) is 0 Å². The molecule has 3 heteroatoms. The molecule has 1 aromatic rings. The summed E-state index contributed by atoms with van der Waals surface area (Å²) < 4.78 is 0. The Kier molecular flexibility index (Phi) is 3.50. The van der Waals surface area contributed by atoms with E-state index in [1.54, 1.807) is 0 Å². The van der Waals surface area contributed by atoms with Crippen molar-refractivity contribution in [3.8, 4) is 0 Å². The molecule has 1 aromatic heterocycles. The zero-order valence-corrected chi connectivity index (χ0v) is 11.3. The van der Waals surface area contributed by atoms with Gasteiger partial charge in [0.15, 0.2) is 0 Å². The van der Waals surface area contributed by atoms with E-state index in [4.69, 9.17) is 4.98 Å². The number of rotatable bonds is 4. The van der Waals surface area contributed by atoms with Crippen LogP contribution in [0.4, 0.5) is 5.82 Å². The molecule has 0 amide bonds. The number of nitrogens with one attached hydrogen (secondary N) is 1. The first-order valence-corrected chi connectivity index (χ1v) is 7.30. The summed E-state index contributed by atoms with van der Waals surface area (Å²) in [6, 6.07) is 4.40. The van der Waals surface area contributed by atoms with E-state index in [-0.39, 0.29) is 0 Å². The molecule has 0 spiro atoms. The molecule has 1 fully saturated rings. The van der Waals surface area contributed by atoms with E-state index in [1.807, 2.05) is 0 Å². The van der Waals surface area contributed by atoms with Crippen LogP contribution in [-0.4, -0.2) is 36.1 Å². The van der Waals surface area contributed by atoms with E-state index in [1.165, 1.54) is 50.2 Å². The molecule has 2 heterocycles. The normalized spacial score (nSPS) is 23.3. The molecule has 1 unspecified atom stereocenters. The SMILES string of the molecule is CCN1CCC(CNc2ccc3c(n2)CCC3)C1. The van der Waals surface area contributed by atoms with Gasteiger partial charge in [-0.1, -0.05) is 13.0 Å². The maximum absolute atomic E-state index is 4.73. The van der Waals surface area contributed by atoms with E-state index < -0.39 is 0 Å². The van der Waals surface area contributed by atoms with Gasteiger partial charge in [0.25, 0.3) is 0 Å². The Morgan fingerprint density at radius 2 is 2.33 bits per heavy atom. The highest BCUT2D eigenvalue weighted by Crippen LogP contribution is 2.22. The number of anilines is 1. The Hall–Kier alpha value is -1.09. The van der Waals surface area contributed by atoms with Crippen LogP contribution in [0.5, 0.6) is 0 Å². The lowest BCUT2D eigenvalue weighted by Gasteiger charge is -2.14. The highest BCUT2D eigenvalue weighted by Gasteiger charge is 2.21. The van der Waals surface area contributed by atoms with Gasteiger partial charge in [0.05, 0.1) is 0 Å². The highest BCUT2D eigenvalue weighted by molar-refractivity contribution is 5.40. The van der Waals surface area contributed by atoms with E-state index in [9.17, 15) is 0 Å². The van der Waals surface area contributed by atoms with E-state index in [2.05, 4.69) is 29.3 Å². The minimum absolute atomic E-state index is 0.792. The van der Waals surface area contributed by atoms with Crippen molar-refractivity contribution in [3.05, 3.63) is 23.4 Å². The standard InChI is InChI=1S/C15H23N3/c1-2-18-9-8-12(11-18)10-16-15-7-6-13-4-3-5-14(13)17-15/h6-7,12H,2-5,8-11H2,1H3,(H,16,17). The Balaban J connectivity index is 1.54. The van der Waals surface area contributed by atoms with Gasteiger partial charge in [-0.05, 0) is 56.3 Å². The molecule has 0 saturated carbocycles. The molecular weight excluding hydrogens is 222 g/mol. The van der Waals surface area contributed by atoms with Crippen LogP contribution in [0.1, 0.15) is 31.0 Å². The first kappa shape index (κ1) is 12.0. The van der Waals surface area contributed by atoms with Crippen molar-refractivity contribution >= 4 is 5.82 Å². The van der Waals surface area contributed by atoms with Crippen molar-refractivity contribution in [2.24, 2.45) is 5.92 Å². The summed E-state index contributed by atoms with van der Waals surface area (Å²) in [5.41, 5.74) is 2.78. The average molecular weight is 245 g/mol. The average Bonchev–Trinajstić information content (AvgIpc) is 3.04. The van der Waals surface area contributed by atoms with Crippen LogP contribution >= 0.6 is 0 Å². The predicted molar refractivity (Wildman–Crippen MR) is 75.0 cm³/mol. The van der Waals surface area contributed by atoms with E-state index in [0.717, 1.165) is 24.7 Å². The van der Waals surface area contributed by atoms with Crippen LogP contribution in [0.2, 0.25) is 0 Å². The lowest BCUT2D eigenvalue weighted by atomic mass is 10.1. The van der Waals surface area contributed by atoms with Crippen LogP contribution in [0.15, 0.2) is 12.1 Å². The van der Waals surface area contributed by atoms with Crippen LogP contribution in [-0.2, 0) is 12.8 Å². The quantitative estimate of drug-likeness (QED) is 0.882. The topological polar surface area (TPSA) is 28.2 Å². The fourth-order valence-electron chi connectivity index (χ4n) is 3.13. The molecule has 18 heavy (non-hydrogen) atoms. The summed E-state index contributed by atoms with van der Waals surface area (Å²) in [4.78, 5) is 7.26. The molecule has 1 N–H and O–H groups in total. The number of aromatic nitrogens is 1. The summed E-state index contributed by atoms with van der Waals surface area (Å²) in [5.74, 6) is 1.87. The smallest absolute Gasteiger partial charge is 0.126 e. The lowest BCUT2D eigenvalue weighted by molar-refractivity contribution is 0.345. The first-order chi connectivity index (χ1) is 8.85. The summed E-state index contributed by atoms with van der Waals surface area (Å²) in [5, 5.41) is 3.52. The van der Waals surface area contributed by atoms with Crippen LogP contribution in [0.25, 0.3) is 0 Å². The fraction of sp³-hybridized carbons (Fsp3) is 0.667. The molecule has 1 aliphatic heterocycles. The second kappa shape index (κ2) is 5.27. The van der Waals surface area contributed by atoms with Gasteiger partial charge >= 0.3 is 0 Å². The summed E-state index contributed by atoms with van der Waals surface area (Å²) in [6.45, 7) is 7.02. The van der Waals surface area contributed by atoms with Gasteiger partial charge in [0, 0.05) is 18.8 Å².